The average Bonchev–Trinajstić information content (AvgIpc) is 2.90. The molecule has 0 saturated heterocycles. The molecule has 6 nitrogen and oxygen atoms in total. The Morgan fingerprint density at radius 2 is 1.94 bits per heavy atom. The summed E-state index contributed by atoms with van der Waals surface area (Å²) >= 11 is -1.92. The molecule has 3 rings (SSSR count). The average molecular weight is 487 g/mol. The molecular weight excluding hydrogens is 465 g/mol. The lowest BCUT2D eigenvalue weighted by Crippen LogP contribution is -2.45. The van der Waals surface area contributed by atoms with Crippen LogP contribution in [0.3, 0.4) is 0 Å². The van der Waals surface area contributed by atoms with Crippen LogP contribution < -0.4 is 9.46 Å². The summed E-state index contributed by atoms with van der Waals surface area (Å²) in [6, 6.07) is 5.47. The first-order chi connectivity index (χ1) is 14.6. The second kappa shape index (κ2) is 8.26. The number of hydrogen-bond acceptors (Lipinski definition) is 6. The lowest BCUT2D eigenvalue weighted by atomic mass is 10.1. The summed E-state index contributed by atoms with van der Waals surface area (Å²) in [5.41, 5.74) is -0.358. The molecule has 11 heteroatoms. The third-order valence-electron chi connectivity index (χ3n) is 4.81. The van der Waals surface area contributed by atoms with Crippen molar-refractivity contribution in [2.45, 2.75) is 48.8 Å². The van der Waals surface area contributed by atoms with Crippen LogP contribution in [0.2, 0.25) is 0 Å². The largest absolute Gasteiger partial charge is 0.598 e. The van der Waals surface area contributed by atoms with Crippen molar-refractivity contribution in [2.75, 3.05) is 6.26 Å². The molecule has 1 N–H and O–H groups in total. The number of ether oxygens (including phenoxy) is 1. The van der Waals surface area contributed by atoms with Gasteiger partial charge in [-0.3, -0.25) is 0 Å². The zero-order valence-corrected chi connectivity index (χ0v) is 19.3. The van der Waals surface area contributed by atoms with Crippen molar-refractivity contribution in [3.05, 3.63) is 52.8 Å². The van der Waals surface area contributed by atoms with Gasteiger partial charge in [0.15, 0.2) is 9.84 Å². The summed E-state index contributed by atoms with van der Waals surface area (Å²) in [5, 5.41) is 9.01. The van der Waals surface area contributed by atoms with Crippen LogP contribution in [-0.4, -0.2) is 29.9 Å². The van der Waals surface area contributed by atoms with Gasteiger partial charge in [-0.15, -0.1) is 4.72 Å². The minimum atomic E-state index is -3.92. The highest BCUT2D eigenvalue weighted by molar-refractivity contribution is 7.91. The van der Waals surface area contributed by atoms with Gasteiger partial charge < -0.3 is 9.29 Å². The van der Waals surface area contributed by atoms with Gasteiger partial charge in [0, 0.05) is 41.2 Å². The molecule has 0 amide bonds. The number of fused-ring (bicyclic) bond motifs is 1. The van der Waals surface area contributed by atoms with Gasteiger partial charge in [-0.1, -0.05) is 0 Å². The van der Waals surface area contributed by atoms with Crippen molar-refractivity contribution in [1.29, 1.82) is 5.26 Å². The molecule has 0 radical (unpaired) electrons. The number of nitrogens with zero attached hydrogens (tertiary/aromatic N) is 1. The van der Waals surface area contributed by atoms with Gasteiger partial charge in [0.2, 0.25) is 0 Å². The molecule has 0 fully saturated rings. The van der Waals surface area contributed by atoms with Crippen molar-refractivity contribution in [1.82, 2.24) is 4.72 Å². The molecule has 0 unspecified atom stereocenters. The molecule has 0 spiro atoms. The van der Waals surface area contributed by atoms with Crippen LogP contribution >= 0.6 is 0 Å². The van der Waals surface area contributed by atoms with Crippen LogP contribution in [0.15, 0.2) is 35.2 Å². The Bertz CT molecular complexity index is 1200. The van der Waals surface area contributed by atoms with Crippen molar-refractivity contribution in [3.63, 3.8) is 0 Å². The second-order valence-corrected chi connectivity index (χ2v) is 12.5. The highest BCUT2D eigenvalue weighted by atomic mass is 32.2. The number of halogens is 3. The number of hydrogen-bond donors (Lipinski definition) is 1. The van der Waals surface area contributed by atoms with Crippen LogP contribution in [0.4, 0.5) is 13.2 Å². The molecule has 0 aromatic heterocycles. The van der Waals surface area contributed by atoms with Crippen molar-refractivity contribution < 1.29 is 30.9 Å². The summed E-state index contributed by atoms with van der Waals surface area (Å²) in [6.45, 7) is 4.79. The first-order valence-electron chi connectivity index (χ1n) is 9.44. The van der Waals surface area contributed by atoms with Crippen LogP contribution in [0.5, 0.6) is 11.5 Å². The van der Waals surface area contributed by atoms with Gasteiger partial charge in [-0.25, -0.2) is 21.6 Å². The van der Waals surface area contributed by atoms with Crippen LogP contribution in [0, 0.1) is 17.1 Å². The van der Waals surface area contributed by atoms with Gasteiger partial charge in [0.05, 0.1) is 16.5 Å². The van der Waals surface area contributed by atoms with E-state index in [2.05, 4.69) is 4.72 Å². The summed E-state index contributed by atoms with van der Waals surface area (Å²) in [6.07, 6.45) is 0.0175. The molecule has 172 valence electrons. The molecule has 0 aliphatic heterocycles. The smallest absolute Gasteiger partial charge is 0.275 e. The Balaban J connectivity index is 2.16. The topological polar surface area (TPSA) is 102 Å². The molecule has 1 aliphatic rings. The maximum Gasteiger partial charge on any atom is 0.275 e. The highest BCUT2D eigenvalue weighted by Gasteiger charge is 2.54. The van der Waals surface area contributed by atoms with Crippen LogP contribution in [0.25, 0.3) is 0 Å². The molecule has 2 aromatic rings. The summed E-state index contributed by atoms with van der Waals surface area (Å²) < 4.78 is 88.3. The number of sulfone groups is 1. The molecule has 0 bridgehead atoms. The van der Waals surface area contributed by atoms with E-state index in [9.17, 15) is 17.4 Å². The quantitative estimate of drug-likeness (QED) is 0.637. The van der Waals surface area contributed by atoms with Crippen molar-refractivity contribution >= 4 is 21.2 Å². The zero-order valence-electron chi connectivity index (χ0n) is 17.7. The Hall–Kier alpha value is -2.26. The van der Waals surface area contributed by atoms with E-state index in [1.165, 1.54) is 12.1 Å². The predicted molar refractivity (Wildman–Crippen MR) is 113 cm³/mol. The summed E-state index contributed by atoms with van der Waals surface area (Å²) in [5.74, 6) is -4.43. The van der Waals surface area contributed by atoms with E-state index < -0.39 is 50.1 Å². The maximum atomic E-state index is 15.1. The van der Waals surface area contributed by atoms with Crippen LogP contribution in [-0.2, 0) is 27.6 Å². The normalized spacial score (nSPS) is 18.7. The van der Waals surface area contributed by atoms with E-state index in [-0.39, 0.29) is 33.1 Å². The first kappa shape index (κ1) is 24.4. The van der Waals surface area contributed by atoms with E-state index in [1.807, 2.05) is 0 Å². The minimum absolute atomic E-state index is 0.0325. The molecular formula is C21H21F3N2O4S2. The zero-order chi connectivity index (χ0) is 24.1. The molecule has 0 saturated carbocycles. The third-order valence-corrected chi connectivity index (χ3v) is 7.52. The number of benzene rings is 2. The maximum absolute atomic E-state index is 15.1. The van der Waals surface area contributed by atoms with Gasteiger partial charge >= 0.3 is 0 Å². The van der Waals surface area contributed by atoms with E-state index >= 15 is 8.78 Å². The number of alkyl halides is 2. The monoisotopic (exact) mass is 486 g/mol. The fourth-order valence-corrected chi connectivity index (χ4v) is 5.15. The number of nitrogens with one attached hydrogen (secondary N) is 1. The molecule has 32 heavy (non-hydrogen) atoms. The van der Waals surface area contributed by atoms with E-state index in [1.54, 1.807) is 26.8 Å². The fourth-order valence-electron chi connectivity index (χ4n) is 3.33. The number of rotatable bonds is 5. The second-order valence-electron chi connectivity index (χ2n) is 8.49. The number of nitriles is 1. The highest BCUT2D eigenvalue weighted by Crippen LogP contribution is 2.50. The van der Waals surface area contributed by atoms with Gasteiger partial charge in [0.1, 0.15) is 28.1 Å². The van der Waals surface area contributed by atoms with Gasteiger partial charge in [0.25, 0.3) is 5.92 Å². The molecule has 1 aliphatic carbocycles. The van der Waals surface area contributed by atoms with E-state index in [0.29, 0.717) is 0 Å². The Labute approximate surface area is 187 Å². The standard InChI is InChI=1S/C21H21F3N2O4S2/c1-20(2,3)31(27)26-19-18-15(10-21(19,23)24)16(5-6-17(18)32(4,28)29)30-14-8-12(11-25)7-13(22)9-14/h5-9,19,26H,10H2,1-4H3/t19-,31+/m0/s1. The lowest BCUT2D eigenvalue weighted by molar-refractivity contribution is -0.0194. The summed E-state index contributed by atoms with van der Waals surface area (Å²) in [7, 11) is -3.92. The van der Waals surface area contributed by atoms with Gasteiger partial charge in [-0.2, -0.15) is 5.26 Å². The molecule has 2 aromatic carbocycles. The van der Waals surface area contributed by atoms with Gasteiger partial charge in [-0.05, 0) is 45.0 Å². The van der Waals surface area contributed by atoms with Crippen molar-refractivity contribution in [3.8, 4) is 17.6 Å². The molecule has 0 heterocycles. The van der Waals surface area contributed by atoms with Crippen molar-refractivity contribution in [2.24, 2.45) is 0 Å². The summed E-state index contributed by atoms with van der Waals surface area (Å²) in [4.78, 5) is -0.336. The predicted octanol–water partition coefficient (Wildman–Crippen LogP) is 4.18. The van der Waals surface area contributed by atoms with E-state index in [0.717, 1.165) is 24.5 Å². The van der Waals surface area contributed by atoms with E-state index in [4.69, 9.17) is 10.00 Å². The Morgan fingerprint density at radius 1 is 1.28 bits per heavy atom. The Morgan fingerprint density at radius 3 is 2.50 bits per heavy atom. The SMILES string of the molecule is CC(C)(C)[S@@+]([O-])N[C@H]1c2c(S(C)(=O)=O)ccc(Oc3cc(F)cc(C#N)c3)c2CC1(F)F. The Kier molecular flexibility index (Phi) is 6.30. The first-order valence-corrected chi connectivity index (χ1v) is 12.5. The van der Waals surface area contributed by atoms with Crippen LogP contribution in [0.1, 0.15) is 43.5 Å². The third kappa shape index (κ3) is 4.88. The fraction of sp³-hybridized carbons (Fsp3) is 0.381. The lowest BCUT2D eigenvalue weighted by Gasteiger charge is -2.29. The molecule has 2 atom stereocenters. The minimum Gasteiger partial charge on any atom is -0.598 e.